The molecule has 0 radical (unpaired) electrons. The molecular formula is C13H14F2N2S. The number of anilines is 2. The number of nitrogen functional groups attached to an aromatic ring is 1. The monoisotopic (exact) mass is 268 g/mol. The van der Waals surface area contributed by atoms with Gasteiger partial charge in [-0.1, -0.05) is 6.07 Å². The zero-order valence-electron chi connectivity index (χ0n) is 9.99. The summed E-state index contributed by atoms with van der Waals surface area (Å²) < 4.78 is 26.9. The standard InChI is InChI=1S/C13H14F2N2S/c1-17(7-6-9-3-2-8-18-9)13-11(16)5-4-10(14)12(13)15/h2-5,8H,6-7,16H2,1H3. The molecule has 2 aromatic rings. The molecule has 1 aromatic carbocycles. The number of thiophene rings is 1. The first-order valence-corrected chi connectivity index (χ1v) is 6.44. The van der Waals surface area contributed by atoms with E-state index in [1.165, 1.54) is 10.9 Å². The lowest BCUT2D eigenvalue weighted by molar-refractivity contribution is 0.508. The van der Waals surface area contributed by atoms with Crippen molar-refractivity contribution in [2.24, 2.45) is 0 Å². The zero-order chi connectivity index (χ0) is 13.1. The highest BCUT2D eigenvalue weighted by molar-refractivity contribution is 7.09. The third-order valence-electron chi connectivity index (χ3n) is 2.76. The fourth-order valence-corrected chi connectivity index (χ4v) is 2.49. The minimum atomic E-state index is -0.885. The largest absolute Gasteiger partial charge is 0.397 e. The van der Waals surface area contributed by atoms with Gasteiger partial charge in [-0.3, -0.25) is 0 Å². The molecule has 96 valence electrons. The Labute approximate surface area is 109 Å². The van der Waals surface area contributed by atoms with Crippen LogP contribution in [0.1, 0.15) is 4.88 Å². The Kier molecular flexibility index (Phi) is 3.81. The van der Waals surface area contributed by atoms with Crippen molar-refractivity contribution in [1.82, 2.24) is 0 Å². The second kappa shape index (κ2) is 5.35. The summed E-state index contributed by atoms with van der Waals surface area (Å²) in [5.41, 5.74) is 6.08. The summed E-state index contributed by atoms with van der Waals surface area (Å²) in [6, 6.07) is 6.41. The maximum Gasteiger partial charge on any atom is 0.184 e. The van der Waals surface area contributed by atoms with Crippen LogP contribution in [0.5, 0.6) is 0 Å². The molecule has 1 aromatic heterocycles. The van der Waals surface area contributed by atoms with Gasteiger partial charge in [-0.05, 0) is 30.0 Å². The molecule has 0 aliphatic carbocycles. The van der Waals surface area contributed by atoms with Crippen molar-refractivity contribution < 1.29 is 8.78 Å². The van der Waals surface area contributed by atoms with Crippen LogP contribution in [0.15, 0.2) is 29.6 Å². The van der Waals surface area contributed by atoms with Crippen LogP contribution >= 0.6 is 11.3 Å². The van der Waals surface area contributed by atoms with E-state index in [0.29, 0.717) is 6.54 Å². The molecule has 0 saturated heterocycles. The summed E-state index contributed by atoms with van der Waals surface area (Å²) in [7, 11) is 1.71. The van der Waals surface area contributed by atoms with Crippen molar-refractivity contribution in [3.63, 3.8) is 0 Å². The van der Waals surface area contributed by atoms with Crippen LogP contribution in [0.25, 0.3) is 0 Å². The molecule has 0 aliphatic rings. The number of likely N-dealkylation sites (N-methyl/N-ethyl adjacent to an activating group) is 1. The number of nitrogens with two attached hydrogens (primary N) is 1. The molecule has 0 saturated carbocycles. The van der Waals surface area contributed by atoms with Crippen molar-refractivity contribution in [3.05, 3.63) is 46.2 Å². The van der Waals surface area contributed by atoms with Crippen molar-refractivity contribution in [2.75, 3.05) is 24.2 Å². The van der Waals surface area contributed by atoms with Gasteiger partial charge in [-0.2, -0.15) is 0 Å². The van der Waals surface area contributed by atoms with Gasteiger partial charge in [0.05, 0.1) is 11.4 Å². The number of rotatable bonds is 4. The van der Waals surface area contributed by atoms with Crippen molar-refractivity contribution >= 4 is 22.7 Å². The Morgan fingerprint density at radius 1 is 1.28 bits per heavy atom. The Hall–Kier alpha value is -1.62. The summed E-state index contributed by atoms with van der Waals surface area (Å²) in [6.07, 6.45) is 0.781. The lowest BCUT2D eigenvalue weighted by Gasteiger charge is -2.21. The van der Waals surface area contributed by atoms with E-state index >= 15 is 0 Å². The average Bonchev–Trinajstić information content (AvgIpc) is 2.85. The molecule has 0 aliphatic heterocycles. The predicted octanol–water partition coefficient (Wildman–Crippen LogP) is 3.29. The number of nitrogens with zero attached hydrogens (tertiary/aromatic N) is 1. The first kappa shape index (κ1) is 12.8. The molecule has 0 unspecified atom stereocenters. The fraction of sp³-hybridized carbons (Fsp3) is 0.231. The zero-order valence-corrected chi connectivity index (χ0v) is 10.8. The van der Waals surface area contributed by atoms with Crippen molar-refractivity contribution in [3.8, 4) is 0 Å². The van der Waals surface area contributed by atoms with E-state index in [2.05, 4.69) is 0 Å². The van der Waals surface area contributed by atoms with Crippen LogP contribution in [-0.2, 0) is 6.42 Å². The average molecular weight is 268 g/mol. The van der Waals surface area contributed by atoms with E-state index in [0.717, 1.165) is 12.5 Å². The predicted molar refractivity (Wildman–Crippen MR) is 72.1 cm³/mol. The summed E-state index contributed by atoms with van der Waals surface area (Å²) in [5, 5.41) is 1.99. The van der Waals surface area contributed by atoms with Gasteiger partial charge in [0.15, 0.2) is 11.6 Å². The van der Waals surface area contributed by atoms with E-state index in [-0.39, 0.29) is 11.4 Å². The van der Waals surface area contributed by atoms with Gasteiger partial charge in [0, 0.05) is 18.5 Å². The molecular weight excluding hydrogens is 254 g/mol. The molecule has 0 bridgehead atoms. The summed E-state index contributed by atoms with van der Waals surface area (Å²) >= 11 is 1.65. The molecule has 0 amide bonds. The lowest BCUT2D eigenvalue weighted by Crippen LogP contribution is -2.22. The molecule has 2 nitrogen and oxygen atoms in total. The van der Waals surface area contributed by atoms with Crippen molar-refractivity contribution in [1.29, 1.82) is 0 Å². The first-order valence-electron chi connectivity index (χ1n) is 5.56. The van der Waals surface area contributed by atoms with Gasteiger partial charge in [0.25, 0.3) is 0 Å². The van der Waals surface area contributed by atoms with Gasteiger partial charge in [-0.25, -0.2) is 8.78 Å². The Balaban J connectivity index is 2.13. The van der Waals surface area contributed by atoms with E-state index in [9.17, 15) is 8.78 Å². The minimum absolute atomic E-state index is 0.131. The highest BCUT2D eigenvalue weighted by Gasteiger charge is 2.15. The number of hydrogen-bond donors (Lipinski definition) is 1. The van der Waals surface area contributed by atoms with Gasteiger partial charge in [0.2, 0.25) is 0 Å². The smallest absolute Gasteiger partial charge is 0.184 e. The molecule has 0 spiro atoms. The third kappa shape index (κ3) is 2.61. The topological polar surface area (TPSA) is 29.3 Å². The second-order valence-corrected chi connectivity index (χ2v) is 5.08. The van der Waals surface area contributed by atoms with Crippen LogP contribution in [0.2, 0.25) is 0 Å². The maximum atomic E-state index is 13.7. The number of benzene rings is 1. The van der Waals surface area contributed by atoms with E-state index in [1.807, 2.05) is 17.5 Å². The van der Waals surface area contributed by atoms with Crippen molar-refractivity contribution in [2.45, 2.75) is 6.42 Å². The third-order valence-corrected chi connectivity index (χ3v) is 3.69. The number of hydrogen-bond acceptors (Lipinski definition) is 3. The fourth-order valence-electron chi connectivity index (χ4n) is 1.79. The highest BCUT2D eigenvalue weighted by Crippen LogP contribution is 2.28. The highest BCUT2D eigenvalue weighted by atomic mass is 32.1. The molecule has 2 rings (SSSR count). The Morgan fingerprint density at radius 3 is 2.72 bits per heavy atom. The van der Waals surface area contributed by atoms with Crippen LogP contribution in [0.4, 0.5) is 20.2 Å². The SMILES string of the molecule is CN(CCc1cccs1)c1c(N)ccc(F)c1F. The van der Waals surface area contributed by atoms with Crippen LogP contribution < -0.4 is 10.6 Å². The Bertz CT molecular complexity index is 526. The first-order chi connectivity index (χ1) is 8.59. The summed E-state index contributed by atoms with van der Waals surface area (Å²) in [5.74, 6) is -1.76. The molecule has 1 heterocycles. The lowest BCUT2D eigenvalue weighted by atomic mass is 10.2. The van der Waals surface area contributed by atoms with Gasteiger partial charge in [0.1, 0.15) is 0 Å². The number of halogens is 2. The summed E-state index contributed by atoms with van der Waals surface area (Å²) in [6.45, 7) is 0.588. The molecule has 2 N–H and O–H groups in total. The van der Waals surface area contributed by atoms with Crippen LogP contribution in [-0.4, -0.2) is 13.6 Å². The second-order valence-electron chi connectivity index (χ2n) is 4.05. The molecule has 18 heavy (non-hydrogen) atoms. The van der Waals surface area contributed by atoms with Gasteiger partial charge < -0.3 is 10.6 Å². The van der Waals surface area contributed by atoms with Crippen LogP contribution in [0.3, 0.4) is 0 Å². The van der Waals surface area contributed by atoms with Crippen LogP contribution in [0, 0.1) is 11.6 Å². The molecule has 0 atom stereocenters. The minimum Gasteiger partial charge on any atom is -0.397 e. The Morgan fingerprint density at radius 2 is 2.06 bits per heavy atom. The molecule has 5 heteroatoms. The van der Waals surface area contributed by atoms with Gasteiger partial charge >= 0.3 is 0 Å². The maximum absolute atomic E-state index is 13.7. The van der Waals surface area contributed by atoms with E-state index < -0.39 is 11.6 Å². The summed E-state index contributed by atoms with van der Waals surface area (Å²) in [4.78, 5) is 2.85. The van der Waals surface area contributed by atoms with Gasteiger partial charge in [-0.15, -0.1) is 11.3 Å². The molecule has 0 fully saturated rings. The normalized spacial score (nSPS) is 10.6. The quantitative estimate of drug-likeness (QED) is 0.862. The van der Waals surface area contributed by atoms with E-state index in [1.54, 1.807) is 23.3 Å². The van der Waals surface area contributed by atoms with E-state index in [4.69, 9.17) is 5.73 Å².